The molecule has 3 atom stereocenters. The average molecular weight is 701 g/mol. The lowest BCUT2D eigenvalue weighted by molar-refractivity contribution is -0.284. The maximum Gasteiger partial charge on any atom is 0.453 e. The second kappa shape index (κ2) is 17.6. The van der Waals surface area contributed by atoms with Gasteiger partial charge < -0.3 is 19.3 Å². The number of ether oxygens (including phenoxy) is 3. The molecule has 2 aromatic carbocycles. The van der Waals surface area contributed by atoms with Crippen molar-refractivity contribution in [3.8, 4) is 17.2 Å². The summed E-state index contributed by atoms with van der Waals surface area (Å²) in [5, 5.41) is 11.3. The number of hydrogen-bond donors (Lipinski definition) is 1. The molecule has 1 heterocycles. The predicted molar refractivity (Wildman–Crippen MR) is 181 cm³/mol. The quantitative estimate of drug-likeness (QED) is 0.0843. The van der Waals surface area contributed by atoms with Crippen LogP contribution in [0.15, 0.2) is 54.6 Å². The van der Waals surface area contributed by atoms with Gasteiger partial charge >= 0.3 is 18.1 Å². The van der Waals surface area contributed by atoms with Gasteiger partial charge in [-0.15, -0.1) is 11.8 Å². The van der Waals surface area contributed by atoms with Gasteiger partial charge in [0.15, 0.2) is 0 Å². The summed E-state index contributed by atoms with van der Waals surface area (Å²) in [6, 6.07) is 13.0. The van der Waals surface area contributed by atoms with Crippen molar-refractivity contribution in [2.45, 2.75) is 107 Å². The van der Waals surface area contributed by atoms with Crippen molar-refractivity contribution in [1.82, 2.24) is 0 Å². The van der Waals surface area contributed by atoms with Crippen LogP contribution in [0.1, 0.15) is 101 Å². The number of thioether (sulfide) groups is 1. The van der Waals surface area contributed by atoms with Gasteiger partial charge in [-0.2, -0.15) is 22.0 Å². The molecule has 3 rings (SSSR count). The summed E-state index contributed by atoms with van der Waals surface area (Å²) in [4.78, 5) is 13.8. The number of allylic oxidation sites excluding steroid dienone is 2. The summed E-state index contributed by atoms with van der Waals surface area (Å²) in [5.41, 5.74) is 0.330. The van der Waals surface area contributed by atoms with E-state index < -0.39 is 40.6 Å². The molecule has 0 saturated heterocycles. The minimum Gasteiger partial charge on any atom is -0.497 e. The summed E-state index contributed by atoms with van der Waals surface area (Å²) < 4.78 is 81.6. The maximum absolute atomic E-state index is 13.8. The van der Waals surface area contributed by atoms with Crippen LogP contribution < -0.4 is 14.2 Å². The summed E-state index contributed by atoms with van der Waals surface area (Å²) in [6.07, 6.45) is 4.73. The monoisotopic (exact) mass is 700 g/mol. The SMILES string of the molecule is C/C=C/CCCCCCC(CCCCCCC(F)(F)C(F)(F)F)(C(=O)O)C1c2ccc(OC)cc2OCC1(SC)c1ccc(OC)cc1. The summed E-state index contributed by atoms with van der Waals surface area (Å²) in [7, 11) is 3.13. The second-order valence-corrected chi connectivity index (χ2v) is 13.7. The van der Waals surface area contributed by atoms with E-state index in [0.717, 1.165) is 36.8 Å². The van der Waals surface area contributed by atoms with Gasteiger partial charge in [0.2, 0.25) is 0 Å². The lowest BCUT2D eigenvalue weighted by Crippen LogP contribution is -2.51. The Morgan fingerprint density at radius 1 is 0.896 bits per heavy atom. The first-order valence-corrected chi connectivity index (χ1v) is 17.8. The van der Waals surface area contributed by atoms with E-state index in [-0.39, 0.29) is 25.9 Å². The zero-order valence-electron chi connectivity index (χ0n) is 28.3. The number of carboxylic acid groups (broad SMARTS) is 1. The Kier molecular flexibility index (Phi) is 14.5. The van der Waals surface area contributed by atoms with Crippen molar-refractivity contribution in [3.05, 3.63) is 65.7 Å². The first-order valence-electron chi connectivity index (χ1n) is 16.6. The Hall–Kier alpha value is -2.95. The van der Waals surface area contributed by atoms with Crippen LogP contribution in [0, 0.1) is 5.41 Å². The third-order valence-corrected chi connectivity index (χ3v) is 10.9. The fourth-order valence-corrected chi connectivity index (χ4v) is 8.08. The number of unbranched alkanes of at least 4 members (excludes halogenated alkanes) is 7. The van der Waals surface area contributed by atoms with Crippen molar-refractivity contribution in [2.24, 2.45) is 5.41 Å². The lowest BCUT2D eigenvalue weighted by atomic mass is 9.59. The van der Waals surface area contributed by atoms with Crippen LogP contribution in [0.25, 0.3) is 0 Å². The predicted octanol–water partition coefficient (Wildman–Crippen LogP) is 11.0. The van der Waals surface area contributed by atoms with Crippen LogP contribution in [-0.2, 0) is 9.54 Å². The highest BCUT2D eigenvalue weighted by atomic mass is 32.2. The fraction of sp³-hybridized carbons (Fsp3) is 0.595. The maximum atomic E-state index is 13.8. The van der Waals surface area contributed by atoms with Crippen molar-refractivity contribution in [2.75, 3.05) is 27.1 Å². The topological polar surface area (TPSA) is 65.0 Å². The van der Waals surface area contributed by atoms with Gasteiger partial charge in [0.1, 0.15) is 23.9 Å². The molecule has 0 saturated carbocycles. The Morgan fingerprint density at radius 3 is 1.98 bits per heavy atom. The Balaban J connectivity index is 2.05. The van der Waals surface area contributed by atoms with Gasteiger partial charge in [0.25, 0.3) is 0 Å². The number of hydrogen-bond acceptors (Lipinski definition) is 5. The van der Waals surface area contributed by atoms with E-state index in [0.29, 0.717) is 42.9 Å². The van der Waals surface area contributed by atoms with Crippen LogP contribution in [-0.4, -0.2) is 50.3 Å². The van der Waals surface area contributed by atoms with E-state index in [4.69, 9.17) is 14.2 Å². The lowest BCUT2D eigenvalue weighted by Gasteiger charge is -2.51. The number of benzene rings is 2. The zero-order valence-corrected chi connectivity index (χ0v) is 29.2. The standard InChI is InChI=1S/C37H49F5O5S/c1-5-6-7-8-9-10-13-22-34(33(43)44,23-14-11-12-15-24-36(38,39)37(40,41)42)32-30-21-20-29(46-3)25-31(30)47-26-35(32,48-4)27-16-18-28(45-2)19-17-27/h5-6,16-21,25,32H,7-15,22-24,26H2,1-4H3,(H,43,44)/b6-5+. The third kappa shape index (κ3) is 9.18. The molecule has 0 amide bonds. The summed E-state index contributed by atoms with van der Waals surface area (Å²) >= 11 is 1.53. The minimum absolute atomic E-state index is 0.139. The van der Waals surface area contributed by atoms with Crippen LogP contribution in [0.5, 0.6) is 17.2 Å². The molecule has 1 aliphatic rings. The van der Waals surface area contributed by atoms with Crippen molar-refractivity contribution < 1.29 is 46.1 Å². The molecule has 0 bridgehead atoms. The highest BCUT2D eigenvalue weighted by molar-refractivity contribution is 7.99. The molecule has 1 N–H and O–H groups in total. The molecule has 0 aromatic heterocycles. The van der Waals surface area contributed by atoms with E-state index in [1.807, 2.05) is 49.6 Å². The van der Waals surface area contributed by atoms with Gasteiger partial charge in [0.05, 0.1) is 24.4 Å². The molecule has 0 radical (unpaired) electrons. The van der Waals surface area contributed by atoms with Crippen LogP contribution in [0.4, 0.5) is 22.0 Å². The highest BCUT2D eigenvalue weighted by Gasteiger charge is 2.59. The molecule has 5 nitrogen and oxygen atoms in total. The average Bonchev–Trinajstić information content (AvgIpc) is 3.07. The number of carbonyl (C=O) groups is 1. The van der Waals surface area contributed by atoms with E-state index in [2.05, 4.69) is 6.08 Å². The molecule has 48 heavy (non-hydrogen) atoms. The fourth-order valence-electron chi connectivity index (χ4n) is 6.94. The minimum atomic E-state index is -5.58. The summed E-state index contributed by atoms with van der Waals surface area (Å²) in [6.45, 7) is 2.17. The first-order chi connectivity index (χ1) is 22.8. The molecule has 0 spiro atoms. The first kappa shape index (κ1) is 39.5. The smallest absolute Gasteiger partial charge is 0.453 e. The van der Waals surface area contributed by atoms with Crippen LogP contribution >= 0.6 is 11.8 Å². The van der Waals surface area contributed by atoms with Crippen LogP contribution in [0.2, 0.25) is 0 Å². The molecule has 0 fully saturated rings. The second-order valence-electron chi connectivity index (χ2n) is 12.5. The largest absolute Gasteiger partial charge is 0.497 e. The van der Waals surface area contributed by atoms with Gasteiger partial charge in [0, 0.05) is 24.0 Å². The van der Waals surface area contributed by atoms with Gasteiger partial charge in [-0.3, -0.25) is 4.79 Å². The zero-order chi connectivity index (χ0) is 35.4. The van der Waals surface area contributed by atoms with Crippen LogP contribution in [0.3, 0.4) is 0 Å². The Labute approximate surface area is 285 Å². The van der Waals surface area contributed by atoms with E-state index in [1.165, 1.54) is 11.8 Å². The molecule has 11 heteroatoms. The number of fused-ring (bicyclic) bond motifs is 1. The van der Waals surface area contributed by atoms with Crippen molar-refractivity contribution in [3.63, 3.8) is 0 Å². The number of halogens is 5. The Morgan fingerprint density at radius 2 is 1.46 bits per heavy atom. The van der Waals surface area contributed by atoms with Crippen molar-refractivity contribution >= 4 is 17.7 Å². The van der Waals surface area contributed by atoms with E-state index in [1.54, 1.807) is 26.4 Å². The number of methoxy groups -OCH3 is 2. The molecule has 1 aliphatic heterocycles. The van der Waals surface area contributed by atoms with Gasteiger partial charge in [-0.1, -0.05) is 68.9 Å². The molecule has 3 unspecified atom stereocenters. The Bertz CT molecular complexity index is 1330. The molecule has 268 valence electrons. The molecular formula is C37H49F5O5S. The van der Waals surface area contributed by atoms with Crippen molar-refractivity contribution in [1.29, 1.82) is 0 Å². The number of carboxylic acids is 1. The third-order valence-electron chi connectivity index (χ3n) is 9.62. The van der Waals surface area contributed by atoms with E-state index in [9.17, 15) is 31.9 Å². The van der Waals surface area contributed by atoms with Gasteiger partial charge in [-0.05, 0) is 69.0 Å². The normalized spacial score (nSPS) is 19.4. The number of aliphatic carboxylic acids is 1. The van der Waals surface area contributed by atoms with E-state index >= 15 is 0 Å². The number of rotatable bonds is 20. The molecule has 0 aliphatic carbocycles. The molecular weight excluding hydrogens is 651 g/mol. The summed E-state index contributed by atoms with van der Waals surface area (Å²) in [5.74, 6) is -4.49. The molecule has 2 aromatic rings. The van der Waals surface area contributed by atoms with Gasteiger partial charge in [-0.25, -0.2) is 0 Å². The highest BCUT2D eigenvalue weighted by Crippen LogP contribution is 2.62. The number of alkyl halides is 5.